The number of halogens is 4. The van der Waals surface area contributed by atoms with Gasteiger partial charge >= 0.3 is 6.18 Å². The molecule has 5 nitrogen and oxygen atoms in total. The average Bonchev–Trinajstić information content (AvgIpc) is 3.16. The minimum Gasteiger partial charge on any atom is -0.278 e. The second-order valence-electron chi connectivity index (χ2n) is 5.78. The number of anilines is 1. The van der Waals surface area contributed by atoms with Crippen LogP contribution in [0.4, 0.5) is 18.9 Å². The van der Waals surface area contributed by atoms with Gasteiger partial charge in [0.25, 0.3) is 10.0 Å². The molecule has 2 heterocycles. The van der Waals surface area contributed by atoms with Gasteiger partial charge in [0, 0.05) is 4.88 Å². The van der Waals surface area contributed by atoms with Crippen LogP contribution in [0.1, 0.15) is 16.1 Å². The lowest BCUT2D eigenvalue weighted by molar-refractivity contribution is -0.141. The third kappa shape index (κ3) is 4.12. The Labute approximate surface area is 162 Å². The molecule has 3 aromatic rings. The van der Waals surface area contributed by atoms with Crippen molar-refractivity contribution < 1.29 is 21.6 Å². The Morgan fingerprint density at radius 1 is 1.19 bits per heavy atom. The average molecular weight is 436 g/mol. The van der Waals surface area contributed by atoms with E-state index < -0.39 is 21.9 Å². The second-order valence-corrected chi connectivity index (χ2v) is 9.10. The van der Waals surface area contributed by atoms with Gasteiger partial charge in [-0.25, -0.2) is 8.42 Å². The highest BCUT2D eigenvalue weighted by molar-refractivity contribution is 7.93. The molecule has 0 bridgehead atoms. The summed E-state index contributed by atoms with van der Waals surface area (Å²) in [5, 5.41) is 5.78. The highest BCUT2D eigenvalue weighted by Gasteiger charge is 2.33. The SMILES string of the molecule is Cc1ccc(NS(=O)(=O)c2cc(-c3cc(C(F)(F)F)[nH]n3)sc2C)c(Cl)c1. The van der Waals surface area contributed by atoms with Gasteiger partial charge in [0.2, 0.25) is 0 Å². The van der Waals surface area contributed by atoms with Crippen LogP contribution >= 0.6 is 22.9 Å². The maximum atomic E-state index is 12.7. The number of aromatic nitrogens is 2. The Kier molecular flexibility index (Phi) is 5.00. The van der Waals surface area contributed by atoms with Crippen LogP contribution in [0.2, 0.25) is 5.02 Å². The van der Waals surface area contributed by atoms with Crippen molar-refractivity contribution in [1.82, 2.24) is 10.2 Å². The van der Waals surface area contributed by atoms with Crippen molar-refractivity contribution in [2.24, 2.45) is 0 Å². The van der Waals surface area contributed by atoms with E-state index in [-0.39, 0.29) is 21.3 Å². The number of hydrogen-bond donors (Lipinski definition) is 2. The van der Waals surface area contributed by atoms with Gasteiger partial charge in [0.05, 0.1) is 15.6 Å². The minimum atomic E-state index is -4.56. The number of aryl methyl sites for hydroxylation is 2. The molecule has 2 aromatic heterocycles. The first-order valence-corrected chi connectivity index (χ1v) is 10.2. The van der Waals surface area contributed by atoms with Crippen LogP contribution in [-0.4, -0.2) is 18.6 Å². The number of hydrogen-bond acceptors (Lipinski definition) is 4. The van der Waals surface area contributed by atoms with E-state index in [0.29, 0.717) is 9.75 Å². The van der Waals surface area contributed by atoms with Gasteiger partial charge in [-0.15, -0.1) is 11.3 Å². The minimum absolute atomic E-state index is 0.0187. The number of H-pyrrole nitrogens is 1. The van der Waals surface area contributed by atoms with E-state index in [4.69, 9.17) is 11.6 Å². The number of benzene rings is 1. The summed E-state index contributed by atoms with van der Waals surface area (Å²) in [6, 6.07) is 7.00. The zero-order chi connectivity index (χ0) is 20.0. The standard InChI is InChI=1S/C16H13ClF3N3O2S2/c1-8-3-4-11(10(17)5-8)23-27(24,25)14-7-13(26-9(14)2)12-6-15(22-21-12)16(18,19)20/h3-7,23H,1-2H3,(H,21,22). The van der Waals surface area contributed by atoms with E-state index in [1.54, 1.807) is 25.1 Å². The first-order valence-electron chi connectivity index (χ1n) is 7.50. The Bertz CT molecular complexity index is 1100. The fourth-order valence-electron chi connectivity index (χ4n) is 2.35. The molecule has 0 radical (unpaired) electrons. The molecule has 0 saturated heterocycles. The van der Waals surface area contributed by atoms with Crippen LogP contribution in [0.15, 0.2) is 35.2 Å². The molecule has 0 unspecified atom stereocenters. The van der Waals surface area contributed by atoms with Crippen molar-refractivity contribution in [1.29, 1.82) is 0 Å². The molecular weight excluding hydrogens is 423 g/mol. The lowest BCUT2D eigenvalue weighted by Gasteiger charge is -2.09. The predicted molar refractivity (Wildman–Crippen MR) is 98.6 cm³/mol. The van der Waals surface area contributed by atoms with Crippen molar-refractivity contribution in [2.75, 3.05) is 4.72 Å². The monoisotopic (exact) mass is 435 g/mol. The molecule has 2 N–H and O–H groups in total. The van der Waals surface area contributed by atoms with Crippen molar-refractivity contribution in [3.8, 4) is 10.6 Å². The van der Waals surface area contributed by atoms with Crippen LogP contribution in [-0.2, 0) is 16.2 Å². The third-order valence-corrected chi connectivity index (χ3v) is 6.67. The van der Waals surface area contributed by atoms with Gasteiger partial charge in [-0.3, -0.25) is 9.82 Å². The molecule has 0 saturated carbocycles. The summed E-state index contributed by atoms with van der Waals surface area (Å²) in [6.45, 7) is 3.38. The first kappa shape index (κ1) is 19.7. The number of alkyl halides is 3. The van der Waals surface area contributed by atoms with E-state index in [1.165, 1.54) is 6.07 Å². The number of nitrogens with zero attached hydrogens (tertiary/aromatic N) is 1. The summed E-state index contributed by atoms with van der Waals surface area (Å²) in [6.07, 6.45) is -4.56. The molecule has 3 rings (SSSR count). The maximum Gasteiger partial charge on any atom is 0.432 e. The number of thiophene rings is 1. The summed E-state index contributed by atoms with van der Waals surface area (Å²) in [5.41, 5.74) is 0.104. The smallest absolute Gasteiger partial charge is 0.278 e. The molecule has 0 aliphatic heterocycles. The predicted octanol–water partition coefficient (Wildman–Crippen LogP) is 5.23. The molecule has 1 aromatic carbocycles. The zero-order valence-corrected chi connectivity index (χ0v) is 16.4. The van der Waals surface area contributed by atoms with E-state index >= 15 is 0 Å². The van der Waals surface area contributed by atoms with Crippen LogP contribution in [0.5, 0.6) is 0 Å². The quantitative estimate of drug-likeness (QED) is 0.589. The molecule has 11 heteroatoms. The highest BCUT2D eigenvalue weighted by Crippen LogP contribution is 2.36. The summed E-state index contributed by atoms with van der Waals surface area (Å²) in [7, 11) is -3.97. The summed E-state index contributed by atoms with van der Waals surface area (Å²) in [4.78, 5) is 0.669. The van der Waals surface area contributed by atoms with E-state index in [1.807, 2.05) is 12.0 Å². The Morgan fingerprint density at radius 2 is 1.89 bits per heavy atom. The van der Waals surface area contributed by atoms with Gasteiger partial charge in [-0.05, 0) is 43.7 Å². The van der Waals surface area contributed by atoms with Gasteiger partial charge in [0.1, 0.15) is 16.3 Å². The summed E-state index contributed by atoms with van der Waals surface area (Å²) in [5.74, 6) is 0. The number of nitrogens with one attached hydrogen (secondary N) is 2. The van der Waals surface area contributed by atoms with Crippen molar-refractivity contribution in [3.63, 3.8) is 0 Å². The molecule has 0 amide bonds. The first-order chi connectivity index (χ1) is 12.5. The Morgan fingerprint density at radius 3 is 2.48 bits per heavy atom. The van der Waals surface area contributed by atoms with E-state index in [9.17, 15) is 21.6 Å². The van der Waals surface area contributed by atoms with Crippen LogP contribution < -0.4 is 4.72 Å². The molecule has 144 valence electrons. The lowest BCUT2D eigenvalue weighted by Crippen LogP contribution is -2.13. The van der Waals surface area contributed by atoms with Crippen molar-refractivity contribution in [3.05, 3.63) is 51.5 Å². The Balaban J connectivity index is 1.94. The summed E-state index contributed by atoms with van der Waals surface area (Å²) >= 11 is 7.10. The van der Waals surface area contributed by atoms with Crippen molar-refractivity contribution >= 4 is 38.6 Å². The topological polar surface area (TPSA) is 74.8 Å². The van der Waals surface area contributed by atoms with Gasteiger partial charge in [-0.2, -0.15) is 18.3 Å². The van der Waals surface area contributed by atoms with E-state index in [2.05, 4.69) is 9.82 Å². The molecule has 0 atom stereocenters. The number of sulfonamides is 1. The maximum absolute atomic E-state index is 12.7. The van der Waals surface area contributed by atoms with Crippen LogP contribution in [0.3, 0.4) is 0 Å². The van der Waals surface area contributed by atoms with Gasteiger partial charge < -0.3 is 0 Å². The lowest BCUT2D eigenvalue weighted by atomic mass is 10.2. The van der Waals surface area contributed by atoms with Crippen LogP contribution in [0, 0.1) is 13.8 Å². The molecule has 0 aliphatic rings. The van der Waals surface area contributed by atoms with Crippen LogP contribution in [0.25, 0.3) is 10.6 Å². The fourth-order valence-corrected chi connectivity index (χ4v) is 5.33. The molecule has 0 spiro atoms. The Hall–Kier alpha value is -2.04. The fraction of sp³-hybridized carbons (Fsp3) is 0.188. The molecular formula is C16H13ClF3N3O2S2. The number of rotatable bonds is 4. The van der Waals surface area contributed by atoms with E-state index in [0.717, 1.165) is 23.0 Å². The molecule has 0 aliphatic carbocycles. The summed E-state index contributed by atoms with van der Waals surface area (Å²) < 4.78 is 65.9. The second kappa shape index (κ2) is 6.84. The molecule has 0 fully saturated rings. The van der Waals surface area contributed by atoms with Gasteiger partial charge in [0.15, 0.2) is 0 Å². The largest absolute Gasteiger partial charge is 0.432 e. The van der Waals surface area contributed by atoms with Crippen molar-refractivity contribution in [2.45, 2.75) is 24.9 Å². The van der Waals surface area contributed by atoms with Gasteiger partial charge in [-0.1, -0.05) is 17.7 Å². The highest BCUT2D eigenvalue weighted by atomic mass is 35.5. The number of aromatic amines is 1. The normalized spacial score (nSPS) is 12.4. The zero-order valence-electron chi connectivity index (χ0n) is 14.0. The third-order valence-electron chi connectivity index (χ3n) is 3.67. The molecule has 27 heavy (non-hydrogen) atoms.